The highest BCUT2D eigenvalue weighted by atomic mass is 19.1. The van der Waals surface area contributed by atoms with Crippen LogP contribution in [0.5, 0.6) is 17.2 Å². The maximum atomic E-state index is 13.0. The van der Waals surface area contributed by atoms with Crippen LogP contribution in [-0.2, 0) is 6.42 Å². The molecular weight excluding hydrogens is 345 g/mol. The van der Waals surface area contributed by atoms with Crippen molar-refractivity contribution in [3.05, 3.63) is 53.8 Å². The number of hydrogen-bond donors (Lipinski definition) is 0. The van der Waals surface area contributed by atoms with E-state index in [4.69, 9.17) is 14.2 Å². The Morgan fingerprint density at radius 1 is 0.963 bits per heavy atom. The van der Waals surface area contributed by atoms with E-state index in [1.165, 1.54) is 17.7 Å². The number of ether oxygens (including phenoxy) is 3. The van der Waals surface area contributed by atoms with Crippen LogP contribution in [0, 0.1) is 11.7 Å². The third-order valence-electron chi connectivity index (χ3n) is 5.18. The summed E-state index contributed by atoms with van der Waals surface area (Å²) in [6, 6.07) is 12.5. The summed E-state index contributed by atoms with van der Waals surface area (Å²) in [4.78, 5) is 2.48. The number of para-hydroxylation sites is 1. The molecule has 1 fully saturated rings. The van der Waals surface area contributed by atoms with E-state index in [2.05, 4.69) is 4.90 Å². The summed E-state index contributed by atoms with van der Waals surface area (Å²) in [5.74, 6) is 2.44. The van der Waals surface area contributed by atoms with Gasteiger partial charge in [0.25, 0.3) is 0 Å². The van der Waals surface area contributed by atoms with Crippen LogP contribution in [0.2, 0.25) is 0 Å². The van der Waals surface area contributed by atoms with Crippen molar-refractivity contribution in [3.8, 4) is 17.2 Å². The van der Waals surface area contributed by atoms with Crippen LogP contribution >= 0.6 is 0 Å². The molecule has 0 bridgehead atoms. The molecule has 4 nitrogen and oxygen atoms in total. The highest BCUT2D eigenvalue weighted by Crippen LogP contribution is 2.37. The lowest BCUT2D eigenvalue weighted by molar-refractivity contribution is 0.140. The number of likely N-dealkylation sites (tertiary alicyclic amines) is 1. The maximum absolute atomic E-state index is 13.0. The average molecular weight is 373 g/mol. The minimum atomic E-state index is -0.174. The van der Waals surface area contributed by atoms with Crippen LogP contribution in [0.15, 0.2) is 42.5 Å². The third-order valence-corrected chi connectivity index (χ3v) is 5.18. The van der Waals surface area contributed by atoms with Gasteiger partial charge in [0.15, 0.2) is 11.5 Å². The minimum Gasteiger partial charge on any atom is -0.493 e. The summed E-state index contributed by atoms with van der Waals surface area (Å²) in [6.45, 7) is 3.85. The second-order valence-electron chi connectivity index (χ2n) is 6.96. The van der Waals surface area contributed by atoms with Gasteiger partial charge in [-0.25, -0.2) is 4.39 Å². The highest BCUT2D eigenvalue weighted by molar-refractivity contribution is 5.51. The molecule has 5 heteroatoms. The summed E-state index contributed by atoms with van der Waals surface area (Å²) < 4.78 is 29.7. The molecule has 0 N–H and O–H groups in total. The van der Waals surface area contributed by atoms with E-state index >= 15 is 0 Å². The Bertz CT molecular complexity index is 712. The zero-order chi connectivity index (χ0) is 19.1. The minimum absolute atomic E-state index is 0.174. The number of rotatable bonds is 8. The number of benzene rings is 2. The van der Waals surface area contributed by atoms with E-state index in [1.807, 2.05) is 30.3 Å². The van der Waals surface area contributed by atoms with E-state index in [0.717, 1.165) is 44.6 Å². The molecule has 0 amide bonds. The predicted octanol–water partition coefficient (Wildman–Crippen LogP) is 4.18. The fourth-order valence-electron chi connectivity index (χ4n) is 3.49. The first kappa shape index (κ1) is 19.5. The highest BCUT2D eigenvalue weighted by Gasteiger charge is 2.20. The van der Waals surface area contributed by atoms with E-state index in [0.29, 0.717) is 24.0 Å². The predicted molar refractivity (Wildman–Crippen MR) is 104 cm³/mol. The number of halogens is 1. The first-order valence-corrected chi connectivity index (χ1v) is 9.50. The Morgan fingerprint density at radius 3 is 2.33 bits per heavy atom. The Kier molecular flexibility index (Phi) is 6.93. The van der Waals surface area contributed by atoms with Crippen molar-refractivity contribution in [3.63, 3.8) is 0 Å². The van der Waals surface area contributed by atoms with Crippen molar-refractivity contribution >= 4 is 0 Å². The fourth-order valence-corrected chi connectivity index (χ4v) is 3.49. The molecule has 0 aromatic heterocycles. The van der Waals surface area contributed by atoms with E-state index in [-0.39, 0.29) is 5.82 Å². The van der Waals surface area contributed by atoms with E-state index in [9.17, 15) is 4.39 Å². The van der Waals surface area contributed by atoms with Crippen LogP contribution in [0.3, 0.4) is 0 Å². The molecule has 1 aliphatic rings. The second-order valence-corrected chi connectivity index (χ2v) is 6.96. The maximum Gasteiger partial charge on any atom is 0.203 e. The van der Waals surface area contributed by atoms with Crippen molar-refractivity contribution in [2.45, 2.75) is 19.3 Å². The lowest BCUT2D eigenvalue weighted by Crippen LogP contribution is -2.36. The van der Waals surface area contributed by atoms with Crippen LogP contribution in [0.4, 0.5) is 4.39 Å². The molecule has 0 radical (unpaired) electrons. The van der Waals surface area contributed by atoms with Gasteiger partial charge in [0, 0.05) is 6.54 Å². The Labute approximate surface area is 160 Å². The van der Waals surface area contributed by atoms with Crippen molar-refractivity contribution in [2.24, 2.45) is 5.92 Å². The molecule has 1 saturated heterocycles. The van der Waals surface area contributed by atoms with Gasteiger partial charge in [0.1, 0.15) is 5.82 Å². The molecular formula is C22H28FNO3. The number of nitrogens with zero attached hydrogens (tertiary/aromatic N) is 1. The standard InChI is InChI=1S/C22H28FNO3/c1-25-20-4-3-5-21(22(20)26-2)27-16-18-11-14-24(15-12-18)13-10-17-6-8-19(23)9-7-17/h3-9,18H,10-16H2,1-2H3. The van der Waals surface area contributed by atoms with Gasteiger partial charge in [-0.3, -0.25) is 0 Å². The summed E-state index contributed by atoms with van der Waals surface area (Å²) in [7, 11) is 3.26. The Hall–Kier alpha value is -2.27. The summed E-state index contributed by atoms with van der Waals surface area (Å²) >= 11 is 0. The Balaban J connectivity index is 1.43. The molecule has 0 aliphatic carbocycles. The Morgan fingerprint density at radius 2 is 1.67 bits per heavy atom. The van der Waals surface area contributed by atoms with E-state index < -0.39 is 0 Å². The van der Waals surface area contributed by atoms with Gasteiger partial charge in [-0.05, 0) is 68.1 Å². The molecule has 2 aromatic rings. The van der Waals surface area contributed by atoms with Gasteiger partial charge in [0.05, 0.1) is 20.8 Å². The molecule has 2 aromatic carbocycles. The van der Waals surface area contributed by atoms with Crippen molar-refractivity contribution in [1.82, 2.24) is 4.90 Å². The topological polar surface area (TPSA) is 30.9 Å². The number of piperidine rings is 1. The smallest absolute Gasteiger partial charge is 0.203 e. The van der Waals surface area contributed by atoms with Gasteiger partial charge >= 0.3 is 0 Å². The third kappa shape index (κ3) is 5.36. The summed E-state index contributed by atoms with van der Waals surface area (Å²) in [6.07, 6.45) is 3.20. The van der Waals surface area contributed by atoms with Gasteiger partial charge < -0.3 is 19.1 Å². The van der Waals surface area contributed by atoms with Gasteiger partial charge in [0.2, 0.25) is 5.75 Å². The quantitative estimate of drug-likeness (QED) is 0.695. The normalized spacial score (nSPS) is 15.5. The van der Waals surface area contributed by atoms with Crippen LogP contribution in [-0.4, -0.2) is 45.4 Å². The molecule has 0 atom stereocenters. The molecule has 0 saturated carbocycles. The zero-order valence-electron chi connectivity index (χ0n) is 16.1. The van der Waals surface area contributed by atoms with Gasteiger partial charge in [-0.15, -0.1) is 0 Å². The largest absolute Gasteiger partial charge is 0.493 e. The van der Waals surface area contributed by atoms with Crippen molar-refractivity contribution < 1.29 is 18.6 Å². The first-order chi connectivity index (χ1) is 13.2. The van der Waals surface area contributed by atoms with Gasteiger partial charge in [-0.1, -0.05) is 18.2 Å². The monoisotopic (exact) mass is 373 g/mol. The van der Waals surface area contributed by atoms with Crippen molar-refractivity contribution in [2.75, 3.05) is 40.5 Å². The molecule has 3 rings (SSSR count). The van der Waals surface area contributed by atoms with Crippen molar-refractivity contribution in [1.29, 1.82) is 0 Å². The van der Waals surface area contributed by atoms with Crippen LogP contribution in [0.25, 0.3) is 0 Å². The molecule has 1 heterocycles. The lowest BCUT2D eigenvalue weighted by Gasteiger charge is -2.32. The molecule has 146 valence electrons. The molecule has 1 aliphatic heterocycles. The fraction of sp³-hybridized carbons (Fsp3) is 0.455. The summed E-state index contributed by atoms with van der Waals surface area (Å²) in [5.41, 5.74) is 1.19. The van der Waals surface area contributed by atoms with Gasteiger partial charge in [-0.2, -0.15) is 0 Å². The molecule has 27 heavy (non-hydrogen) atoms. The van der Waals surface area contributed by atoms with Crippen LogP contribution in [0.1, 0.15) is 18.4 Å². The second kappa shape index (κ2) is 9.60. The van der Waals surface area contributed by atoms with Crippen LogP contribution < -0.4 is 14.2 Å². The van der Waals surface area contributed by atoms with E-state index in [1.54, 1.807) is 14.2 Å². The summed E-state index contributed by atoms with van der Waals surface area (Å²) in [5, 5.41) is 0. The number of methoxy groups -OCH3 is 2. The lowest BCUT2D eigenvalue weighted by atomic mass is 9.97. The first-order valence-electron chi connectivity index (χ1n) is 9.50. The SMILES string of the molecule is COc1cccc(OCC2CCN(CCc3ccc(F)cc3)CC2)c1OC. The molecule has 0 unspecified atom stereocenters. The number of hydrogen-bond acceptors (Lipinski definition) is 4. The molecule has 0 spiro atoms. The zero-order valence-corrected chi connectivity index (χ0v) is 16.1. The average Bonchev–Trinajstić information content (AvgIpc) is 2.72.